The first kappa shape index (κ1) is 13.7. The zero-order valence-corrected chi connectivity index (χ0v) is 11.5. The number of hydrogen-bond acceptors (Lipinski definition) is 2. The van der Waals surface area contributed by atoms with Gasteiger partial charge in [0.25, 0.3) is 0 Å². The lowest BCUT2D eigenvalue weighted by Gasteiger charge is -2.11. The number of halogens is 2. The van der Waals surface area contributed by atoms with Crippen LogP contribution in [0, 0.1) is 12.7 Å². The Morgan fingerprint density at radius 2 is 2.05 bits per heavy atom. The van der Waals surface area contributed by atoms with Crippen LogP contribution in [0.2, 0.25) is 5.02 Å². The summed E-state index contributed by atoms with van der Waals surface area (Å²) in [6, 6.07) is 10.3. The first-order chi connectivity index (χ1) is 9.06. The molecule has 0 saturated carbocycles. The summed E-state index contributed by atoms with van der Waals surface area (Å²) >= 11 is 5.99. The highest BCUT2D eigenvalue weighted by Crippen LogP contribution is 2.26. The summed E-state index contributed by atoms with van der Waals surface area (Å²) in [6.07, 6.45) is 0.749. The molecule has 2 rings (SSSR count). The Labute approximate surface area is 117 Å². The first-order valence-electron chi connectivity index (χ1n) is 6.10. The van der Waals surface area contributed by atoms with Crippen LogP contribution in [-0.2, 0) is 6.42 Å². The van der Waals surface area contributed by atoms with Crippen molar-refractivity contribution in [1.82, 2.24) is 0 Å². The maximum Gasteiger partial charge on any atom is 0.123 e. The number of nitrogens with one attached hydrogen (secondary N) is 1. The Morgan fingerprint density at radius 1 is 1.26 bits per heavy atom. The summed E-state index contributed by atoms with van der Waals surface area (Å²) in [4.78, 5) is 0. The molecule has 2 nitrogen and oxygen atoms in total. The van der Waals surface area contributed by atoms with Gasteiger partial charge in [0.15, 0.2) is 0 Å². The predicted octanol–water partition coefficient (Wildman–Crippen LogP) is 4.02. The normalized spacial score (nSPS) is 10.5. The van der Waals surface area contributed by atoms with Crippen molar-refractivity contribution in [3.63, 3.8) is 0 Å². The minimum absolute atomic E-state index is 0.204. The molecule has 0 spiro atoms. The molecule has 0 saturated heterocycles. The molecule has 0 amide bonds. The fraction of sp³-hybridized carbons (Fsp3) is 0.200. The minimum Gasteiger partial charge on any atom is -0.398 e. The van der Waals surface area contributed by atoms with Gasteiger partial charge < -0.3 is 11.1 Å². The third-order valence-corrected chi connectivity index (χ3v) is 3.29. The van der Waals surface area contributed by atoms with Crippen molar-refractivity contribution in [3.8, 4) is 0 Å². The van der Waals surface area contributed by atoms with E-state index in [0.29, 0.717) is 17.3 Å². The molecule has 0 heterocycles. The zero-order chi connectivity index (χ0) is 13.8. The van der Waals surface area contributed by atoms with Gasteiger partial charge in [0.1, 0.15) is 5.82 Å². The van der Waals surface area contributed by atoms with Gasteiger partial charge in [-0.15, -0.1) is 0 Å². The van der Waals surface area contributed by atoms with E-state index in [9.17, 15) is 4.39 Å². The lowest BCUT2D eigenvalue weighted by molar-refractivity contribution is 0.625. The molecule has 100 valence electrons. The SMILES string of the molecule is Cc1cc(N)c(Cl)cc1NCCc1cccc(F)c1. The Bertz CT molecular complexity index is 584. The van der Waals surface area contributed by atoms with Crippen molar-refractivity contribution in [2.45, 2.75) is 13.3 Å². The molecule has 0 fully saturated rings. The van der Waals surface area contributed by atoms with Crippen LogP contribution in [0.15, 0.2) is 36.4 Å². The van der Waals surface area contributed by atoms with Crippen molar-refractivity contribution in [1.29, 1.82) is 0 Å². The maximum absolute atomic E-state index is 13.0. The number of anilines is 2. The largest absolute Gasteiger partial charge is 0.398 e. The molecule has 19 heavy (non-hydrogen) atoms. The number of aryl methyl sites for hydroxylation is 1. The van der Waals surface area contributed by atoms with Crippen molar-refractivity contribution < 1.29 is 4.39 Å². The minimum atomic E-state index is -0.204. The topological polar surface area (TPSA) is 38.0 Å². The van der Waals surface area contributed by atoms with E-state index < -0.39 is 0 Å². The fourth-order valence-electron chi connectivity index (χ4n) is 1.93. The van der Waals surface area contributed by atoms with E-state index in [4.69, 9.17) is 17.3 Å². The van der Waals surface area contributed by atoms with Gasteiger partial charge in [0, 0.05) is 12.2 Å². The van der Waals surface area contributed by atoms with E-state index in [2.05, 4.69) is 5.32 Å². The number of hydrogen-bond donors (Lipinski definition) is 2. The monoisotopic (exact) mass is 278 g/mol. The van der Waals surface area contributed by atoms with E-state index in [1.165, 1.54) is 6.07 Å². The van der Waals surface area contributed by atoms with Crippen LogP contribution in [-0.4, -0.2) is 6.54 Å². The highest BCUT2D eigenvalue weighted by atomic mass is 35.5. The summed E-state index contributed by atoms with van der Waals surface area (Å²) in [5.74, 6) is -0.204. The van der Waals surface area contributed by atoms with Crippen molar-refractivity contribution in [3.05, 3.63) is 58.4 Å². The Hall–Kier alpha value is -1.74. The standard InChI is InChI=1S/C15H16ClFN2/c1-10-7-14(18)13(16)9-15(10)19-6-5-11-3-2-4-12(17)8-11/h2-4,7-9,19H,5-6,18H2,1H3. The number of rotatable bonds is 4. The summed E-state index contributed by atoms with van der Waals surface area (Å²) in [5, 5.41) is 3.83. The van der Waals surface area contributed by atoms with Gasteiger partial charge in [-0.1, -0.05) is 23.7 Å². The first-order valence-corrected chi connectivity index (χ1v) is 6.48. The second kappa shape index (κ2) is 5.93. The molecule has 0 aliphatic heterocycles. The molecule has 0 bridgehead atoms. The van der Waals surface area contributed by atoms with Gasteiger partial charge >= 0.3 is 0 Å². The molecule has 0 radical (unpaired) electrons. The maximum atomic E-state index is 13.0. The summed E-state index contributed by atoms with van der Waals surface area (Å²) in [5.41, 5.74) is 9.26. The van der Waals surface area contributed by atoms with Crippen LogP contribution in [0.4, 0.5) is 15.8 Å². The highest BCUT2D eigenvalue weighted by Gasteiger charge is 2.03. The molecule has 4 heteroatoms. The quantitative estimate of drug-likeness (QED) is 0.829. The van der Waals surface area contributed by atoms with Crippen LogP contribution in [0.3, 0.4) is 0 Å². The van der Waals surface area contributed by atoms with Crippen molar-refractivity contribution >= 4 is 23.0 Å². The zero-order valence-electron chi connectivity index (χ0n) is 10.7. The van der Waals surface area contributed by atoms with Crippen LogP contribution >= 0.6 is 11.6 Å². The molecule has 2 aromatic carbocycles. The number of nitrogen functional groups attached to an aromatic ring is 1. The Morgan fingerprint density at radius 3 is 2.79 bits per heavy atom. The molecule has 0 aliphatic carbocycles. The summed E-state index contributed by atoms with van der Waals surface area (Å²) < 4.78 is 13.0. The molecular formula is C15H16ClFN2. The van der Waals surface area contributed by atoms with Crippen molar-refractivity contribution in [2.24, 2.45) is 0 Å². The molecular weight excluding hydrogens is 263 g/mol. The third-order valence-electron chi connectivity index (χ3n) is 2.96. The van der Waals surface area contributed by atoms with Crippen LogP contribution < -0.4 is 11.1 Å². The van der Waals surface area contributed by atoms with Gasteiger partial charge in [0.2, 0.25) is 0 Å². The number of benzene rings is 2. The molecule has 0 aliphatic rings. The number of nitrogens with two attached hydrogens (primary N) is 1. The molecule has 3 N–H and O–H groups in total. The second-order valence-corrected chi connectivity index (χ2v) is 4.90. The van der Waals surface area contributed by atoms with Crippen LogP contribution in [0.25, 0.3) is 0 Å². The lowest BCUT2D eigenvalue weighted by Crippen LogP contribution is -2.06. The summed E-state index contributed by atoms with van der Waals surface area (Å²) in [6.45, 7) is 2.68. The van der Waals surface area contributed by atoms with Gasteiger partial charge in [-0.05, 0) is 48.7 Å². The van der Waals surface area contributed by atoms with Gasteiger partial charge in [-0.3, -0.25) is 0 Å². The lowest BCUT2D eigenvalue weighted by atomic mass is 10.1. The predicted molar refractivity (Wildman–Crippen MR) is 79.2 cm³/mol. The van der Waals surface area contributed by atoms with Gasteiger partial charge in [0.05, 0.1) is 10.7 Å². The Balaban J connectivity index is 1.98. The van der Waals surface area contributed by atoms with E-state index >= 15 is 0 Å². The smallest absolute Gasteiger partial charge is 0.123 e. The Kier molecular flexibility index (Phi) is 4.27. The molecule has 0 aromatic heterocycles. The average molecular weight is 279 g/mol. The fourth-order valence-corrected chi connectivity index (χ4v) is 2.09. The van der Waals surface area contributed by atoms with Crippen LogP contribution in [0.1, 0.15) is 11.1 Å². The van der Waals surface area contributed by atoms with Crippen molar-refractivity contribution in [2.75, 3.05) is 17.6 Å². The van der Waals surface area contributed by atoms with E-state index in [1.54, 1.807) is 12.1 Å². The third kappa shape index (κ3) is 3.61. The average Bonchev–Trinajstić information content (AvgIpc) is 2.35. The highest BCUT2D eigenvalue weighted by molar-refractivity contribution is 6.33. The molecule has 0 atom stereocenters. The molecule has 2 aromatic rings. The van der Waals surface area contributed by atoms with E-state index in [-0.39, 0.29) is 5.82 Å². The van der Waals surface area contributed by atoms with Gasteiger partial charge in [-0.2, -0.15) is 0 Å². The second-order valence-electron chi connectivity index (χ2n) is 4.50. The summed E-state index contributed by atoms with van der Waals surface area (Å²) in [7, 11) is 0. The van der Waals surface area contributed by atoms with E-state index in [1.807, 2.05) is 25.1 Å². The molecule has 0 unspecified atom stereocenters. The van der Waals surface area contributed by atoms with Crippen LogP contribution in [0.5, 0.6) is 0 Å². The van der Waals surface area contributed by atoms with Gasteiger partial charge in [-0.25, -0.2) is 4.39 Å². The van der Waals surface area contributed by atoms with E-state index in [0.717, 1.165) is 23.2 Å².